The van der Waals surface area contributed by atoms with E-state index in [0.29, 0.717) is 5.16 Å². The average Bonchev–Trinajstić information content (AvgIpc) is 2.35. The summed E-state index contributed by atoms with van der Waals surface area (Å²) >= 11 is 1.05. The third-order valence-corrected chi connectivity index (χ3v) is 2.56. The minimum Gasteiger partial charge on any atom is -0.480 e. The van der Waals surface area contributed by atoms with Gasteiger partial charge in [0.25, 0.3) is 0 Å². The summed E-state index contributed by atoms with van der Waals surface area (Å²) in [5.41, 5.74) is 0. The van der Waals surface area contributed by atoms with Crippen molar-refractivity contribution in [2.75, 3.05) is 5.84 Å². The van der Waals surface area contributed by atoms with Crippen molar-refractivity contribution >= 4 is 17.7 Å². The Kier molecular flexibility index (Phi) is 2.46. The van der Waals surface area contributed by atoms with Crippen molar-refractivity contribution in [3.63, 3.8) is 0 Å². The number of hydrogen-bond donors (Lipinski definition) is 2. The molecule has 0 saturated heterocycles. The number of carboxylic acid groups (broad SMARTS) is 1. The molecule has 1 aromatic heterocycles. The van der Waals surface area contributed by atoms with Crippen LogP contribution < -0.4 is 5.84 Å². The lowest BCUT2D eigenvalue weighted by atomic mass is 10.2. The number of nitrogens with two attached hydrogens (primary N) is 1. The zero-order valence-electron chi connectivity index (χ0n) is 7.26. The molecule has 0 saturated carbocycles. The molecular weight excluding hydrogens is 192 g/mol. The van der Waals surface area contributed by atoms with Gasteiger partial charge in [-0.15, -0.1) is 10.2 Å². The van der Waals surface area contributed by atoms with Gasteiger partial charge >= 0.3 is 5.97 Å². The zero-order chi connectivity index (χ0) is 10.1. The molecule has 13 heavy (non-hydrogen) atoms. The number of rotatable bonds is 3. The van der Waals surface area contributed by atoms with Crippen LogP contribution in [0.2, 0.25) is 0 Å². The van der Waals surface area contributed by atoms with E-state index in [1.165, 1.54) is 11.0 Å². The van der Waals surface area contributed by atoms with Crippen LogP contribution in [0.1, 0.15) is 13.8 Å². The number of nitrogen functional groups attached to an aromatic ring is 1. The van der Waals surface area contributed by atoms with E-state index in [4.69, 9.17) is 10.9 Å². The number of carbonyl (C=O) groups is 1. The van der Waals surface area contributed by atoms with Gasteiger partial charge in [0.15, 0.2) is 0 Å². The van der Waals surface area contributed by atoms with Crippen molar-refractivity contribution in [1.29, 1.82) is 0 Å². The molecule has 0 bridgehead atoms. The Morgan fingerprint density at radius 1 is 1.77 bits per heavy atom. The molecule has 1 heterocycles. The smallest absolute Gasteiger partial charge is 0.319 e. The lowest BCUT2D eigenvalue weighted by molar-refractivity contribution is -0.138. The first kappa shape index (κ1) is 9.85. The summed E-state index contributed by atoms with van der Waals surface area (Å²) in [4.78, 5) is 10.7. The number of aliphatic carboxylic acids is 1. The van der Waals surface area contributed by atoms with Crippen molar-refractivity contribution in [2.45, 2.75) is 23.8 Å². The molecule has 0 atom stereocenters. The number of nitrogens with zero attached hydrogens (tertiary/aromatic N) is 3. The SMILES string of the molecule is CC(C)(Sc1nncn1N)C(=O)O. The van der Waals surface area contributed by atoms with Crippen LogP contribution in [0.15, 0.2) is 11.5 Å². The van der Waals surface area contributed by atoms with Crippen LogP contribution in [0.5, 0.6) is 0 Å². The van der Waals surface area contributed by atoms with Crippen molar-refractivity contribution < 1.29 is 9.90 Å². The van der Waals surface area contributed by atoms with E-state index in [9.17, 15) is 4.79 Å². The predicted molar refractivity (Wildman–Crippen MR) is 47.7 cm³/mol. The normalized spacial score (nSPS) is 11.5. The van der Waals surface area contributed by atoms with Crippen LogP contribution in [0.25, 0.3) is 0 Å². The van der Waals surface area contributed by atoms with Crippen LogP contribution in [0.3, 0.4) is 0 Å². The summed E-state index contributed by atoms with van der Waals surface area (Å²) in [6.07, 6.45) is 1.32. The second-order valence-electron chi connectivity index (χ2n) is 2.94. The molecular formula is C6H10N4O2S. The standard InChI is InChI=1S/C6H10N4O2S/c1-6(2,4(11)12)13-5-9-8-3-10(5)7/h3H,7H2,1-2H3,(H,11,12). The molecule has 3 N–H and O–H groups in total. The van der Waals surface area contributed by atoms with Crippen LogP contribution in [0, 0.1) is 0 Å². The van der Waals surface area contributed by atoms with Gasteiger partial charge in [0, 0.05) is 0 Å². The fourth-order valence-corrected chi connectivity index (χ4v) is 1.36. The highest BCUT2D eigenvalue weighted by Crippen LogP contribution is 2.30. The maximum atomic E-state index is 10.7. The summed E-state index contributed by atoms with van der Waals surface area (Å²) in [7, 11) is 0. The summed E-state index contributed by atoms with van der Waals surface area (Å²) in [5.74, 6) is 4.51. The molecule has 0 spiro atoms. The molecule has 72 valence electrons. The molecule has 0 aliphatic carbocycles. The highest BCUT2D eigenvalue weighted by Gasteiger charge is 2.30. The largest absolute Gasteiger partial charge is 0.480 e. The van der Waals surface area contributed by atoms with Crippen LogP contribution in [-0.2, 0) is 4.79 Å². The van der Waals surface area contributed by atoms with Gasteiger partial charge < -0.3 is 10.9 Å². The first-order valence-electron chi connectivity index (χ1n) is 3.51. The average molecular weight is 202 g/mol. The third-order valence-electron chi connectivity index (χ3n) is 1.40. The molecule has 1 rings (SSSR count). The molecule has 0 fully saturated rings. The van der Waals surface area contributed by atoms with Gasteiger partial charge in [-0.25, -0.2) is 4.68 Å². The van der Waals surface area contributed by atoms with Crippen molar-refractivity contribution in [1.82, 2.24) is 14.9 Å². The highest BCUT2D eigenvalue weighted by atomic mass is 32.2. The summed E-state index contributed by atoms with van der Waals surface area (Å²) < 4.78 is 0.236. The Hall–Kier alpha value is -1.24. The monoisotopic (exact) mass is 202 g/mol. The van der Waals surface area contributed by atoms with E-state index in [1.54, 1.807) is 13.8 Å². The van der Waals surface area contributed by atoms with Gasteiger partial charge in [0.2, 0.25) is 5.16 Å². The summed E-state index contributed by atoms with van der Waals surface area (Å²) in [6.45, 7) is 3.16. The van der Waals surface area contributed by atoms with Gasteiger partial charge in [0.05, 0.1) is 0 Å². The highest BCUT2D eigenvalue weighted by molar-refractivity contribution is 8.01. The van der Waals surface area contributed by atoms with E-state index >= 15 is 0 Å². The molecule has 0 amide bonds. The quantitative estimate of drug-likeness (QED) is 0.527. The summed E-state index contributed by atoms with van der Waals surface area (Å²) in [5, 5.41) is 16.4. The van der Waals surface area contributed by atoms with Crippen LogP contribution in [0.4, 0.5) is 0 Å². The Morgan fingerprint density at radius 3 is 2.77 bits per heavy atom. The lowest BCUT2D eigenvalue weighted by Crippen LogP contribution is -2.28. The van der Waals surface area contributed by atoms with E-state index in [2.05, 4.69) is 10.2 Å². The van der Waals surface area contributed by atoms with E-state index in [0.717, 1.165) is 11.8 Å². The maximum absolute atomic E-state index is 10.7. The van der Waals surface area contributed by atoms with E-state index in [1.807, 2.05) is 0 Å². The molecule has 7 heteroatoms. The third kappa shape index (κ3) is 2.11. The molecule has 0 aliphatic rings. The van der Waals surface area contributed by atoms with Gasteiger partial charge in [-0.1, -0.05) is 11.8 Å². The van der Waals surface area contributed by atoms with E-state index in [-0.39, 0.29) is 0 Å². The molecule has 1 aromatic rings. The number of hydrogen-bond acceptors (Lipinski definition) is 5. The van der Waals surface area contributed by atoms with Gasteiger partial charge in [-0.3, -0.25) is 4.79 Å². The topological polar surface area (TPSA) is 94.0 Å². The predicted octanol–water partition coefficient (Wildman–Crippen LogP) is -0.0528. The number of aromatic nitrogens is 3. The minimum absolute atomic E-state index is 0.382. The fraction of sp³-hybridized carbons (Fsp3) is 0.500. The maximum Gasteiger partial charge on any atom is 0.319 e. The van der Waals surface area contributed by atoms with E-state index < -0.39 is 10.7 Å². The summed E-state index contributed by atoms with van der Waals surface area (Å²) in [6, 6.07) is 0. The minimum atomic E-state index is -0.954. The number of thioether (sulfide) groups is 1. The molecule has 0 aromatic carbocycles. The second-order valence-corrected chi connectivity index (χ2v) is 4.53. The zero-order valence-corrected chi connectivity index (χ0v) is 8.08. The molecule has 0 aliphatic heterocycles. The lowest BCUT2D eigenvalue weighted by Gasteiger charge is -2.16. The van der Waals surface area contributed by atoms with Gasteiger partial charge in [-0.2, -0.15) is 0 Å². The molecule has 0 unspecified atom stereocenters. The Balaban J connectivity index is 2.80. The van der Waals surface area contributed by atoms with Crippen molar-refractivity contribution in [3.8, 4) is 0 Å². The van der Waals surface area contributed by atoms with Crippen LogP contribution in [-0.4, -0.2) is 30.7 Å². The first-order valence-corrected chi connectivity index (χ1v) is 4.32. The molecule has 6 nitrogen and oxygen atoms in total. The van der Waals surface area contributed by atoms with Crippen molar-refractivity contribution in [2.24, 2.45) is 0 Å². The van der Waals surface area contributed by atoms with Gasteiger partial charge in [-0.05, 0) is 13.8 Å². The van der Waals surface area contributed by atoms with Gasteiger partial charge in [0.1, 0.15) is 11.1 Å². The van der Waals surface area contributed by atoms with Crippen molar-refractivity contribution in [3.05, 3.63) is 6.33 Å². The second kappa shape index (κ2) is 3.25. The Bertz CT molecular complexity index is 322. The fourth-order valence-electron chi connectivity index (χ4n) is 0.577. The van der Waals surface area contributed by atoms with Crippen LogP contribution >= 0.6 is 11.8 Å². The Labute approximate surface area is 79.1 Å². The number of carboxylic acids is 1. The first-order chi connectivity index (χ1) is 5.93. The molecule has 0 radical (unpaired) electrons. The Morgan fingerprint density at radius 2 is 2.38 bits per heavy atom.